The number of rotatable bonds is 4. The van der Waals surface area contributed by atoms with Gasteiger partial charge in [-0.1, -0.05) is 18.2 Å². The van der Waals surface area contributed by atoms with Crippen LogP contribution in [0.5, 0.6) is 0 Å². The van der Waals surface area contributed by atoms with Crippen LogP contribution in [0.15, 0.2) is 48.7 Å². The SMILES string of the molecule is O=C(C=Cc1cccc([N+](=O)[O-])c1)c1ccc[nH]1. The first-order chi connectivity index (χ1) is 8.66. The number of nitro benzene ring substituents is 1. The van der Waals surface area contributed by atoms with E-state index >= 15 is 0 Å². The number of hydrogen-bond acceptors (Lipinski definition) is 3. The fourth-order valence-corrected chi connectivity index (χ4v) is 1.49. The van der Waals surface area contributed by atoms with Gasteiger partial charge in [0.1, 0.15) is 0 Å². The lowest BCUT2D eigenvalue weighted by atomic mass is 10.1. The fraction of sp³-hybridized carbons (Fsp3) is 0. The molecule has 1 aromatic heterocycles. The first-order valence-electron chi connectivity index (χ1n) is 5.27. The number of carbonyl (C=O) groups excluding carboxylic acids is 1. The lowest BCUT2D eigenvalue weighted by Gasteiger charge is -1.94. The van der Waals surface area contributed by atoms with Crippen LogP contribution in [0.25, 0.3) is 6.08 Å². The average Bonchev–Trinajstić information content (AvgIpc) is 2.90. The highest BCUT2D eigenvalue weighted by Gasteiger charge is 2.05. The molecule has 2 aromatic rings. The fourth-order valence-electron chi connectivity index (χ4n) is 1.49. The number of carbonyl (C=O) groups is 1. The number of H-pyrrole nitrogens is 1. The smallest absolute Gasteiger partial charge is 0.270 e. The molecule has 1 N–H and O–H groups in total. The highest BCUT2D eigenvalue weighted by atomic mass is 16.6. The Balaban J connectivity index is 2.16. The van der Waals surface area contributed by atoms with E-state index in [9.17, 15) is 14.9 Å². The second kappa shape index (κ2) is 5.09. The lowest BCUT2D eigenvalue weighted by molar-refractivity contribution is -0.384. The Bertz CT molecular complexity index is 600. The van der Waals surface area contributed by atoms with Gasteiger partial charge in [0.25, 0.3) is 5.69 Å². The molecule has 0 spiro atoms. The molecule has 0 aliphatic rings. The van der Waals surface area contributed by atoms with E-state index in [-0.39, 0.29) is 11.5 Å². The van der Waals surface area contributed by atoms with Crippen molar-refractivity contribution < 1.29 is 9.72 Å². The largest absolute Gasteiger partial charge is 0.359 e. The van der Waals surface area contributed by atoms with Gasteiger partial charge in [-0.05, 0) is 23.8 Å². The van der Waals surface area contributed by atoms with Crippen molar-refractivity contribution in [2.24, 2.45) is 0 Å². The number of allylic oxidation sites excluding steroid dienone is 1. The second-order valence-electron chi connectivity index (χ2n) is 3.63. The van der Waals surface area contributed by atoms with Crippen LogP contribution in [0.3, 0.4) is 0 Å². The summed E-state index contributed by atoms with van der Waals surface area (Å²) in [5, 5.41) is 10.6. The van der Waals surface area contributed by atoms with Crippen LogP contribution < -0.4 is 0 Å². The molecular formula is C13H10N2O3. The number of benzene rings is 1. The average molecular weight is 242 g/mol. The Morgan fingerprint density at radius 1 is 1.28 bits per heavy atom. The first-order valence-corrected chi connectivity index (χ1v) is 5.27. The Morgan fingerprint density at radius 2 is 2.11 bits per heavy atom. The number of nitrogens with one attached hydrogen (secondary N) is 1. The van der Waals surface area contributed by atoms with Gasteiger partial charge < -0.3 is 4.98 Å². The van der Waals surface area contributed by atoms with Gasteiger partial charge in [-0.25, -0.2) is 0 Å². The normalized spacial score (nSPS) is 10.7. The van der Waals surface area contributed by atoms with Crippen LogP contribution in [0.1, 0.15) is 16.1 Å². The van der Waals surface area contributed by atoms with E-state index in [0.717, 1.165) is 0 Å². The summed E-state index contributed by atoms with van der Waals surface area (Å²) in [5.74, 6) is -0.175. The van der Waals surface area contributed by atoms with Crippen molar-refractivity contribution in [2.45, 2.75) is 0 Å². The van der Waals surface area contributed by atoms with Gasteiger partial charge >= 0.3 is 0 Å². The van der Waals surface area contributed by atoms with Crippen LogP contribution in [-0.4, -0.2) is 15.7 Å². The predicted octanol–water partition coefficient (Wildman–Crippen LogP) is 2.82. The van der Waals surface area contributed by atoms with E-state index in [4.69, 9.17) is 0 Å². The molecule has 5 nitrogen and oxygen atoms in total. The molecule has 0 aliphatic carbocycles. The number of hydrogen-bond donors (Lipinski definition) is 1. The summed E-state index contributed by atoms with van der Waals surface area (Å²) in [7, 11) is 0. The van der Waals surface area contributed by atoms with Crippen molar-refractivity contribution in [1.82, 2.24) is 4.98 Å². The molecule has 2 rings (SSSR count). The van der Waals surface area contributed by atoms with Crippen LogP contribution in [0.2, 0.25) is 0 Å². The standard InChI is InChI=1S/C13H10N2O3/c16-13(12-5-2-8-14-12)7-6-10-3-1-4-11(9-10)15(17)18/h1-9,14H. The third kappa shape index (κ3) is 2.70. The second-order valence-corrected chi connectivity index (χ2v) is 3.63. The third-order valence-corrected chi connectivity index (χ3v) is 2.37. The molecule has 1 heterocycles. The summed E-state index contributed by atoms with van der Waals surface area (Å²) in [5.41, 5.74) is 1.10. The van der Waals surface area contributed by atoms with E-state index in [1.165, 1.54) is 18.2 Å². The van der Waals surface area contributed by atoms with Crippen LogP contribution >= 0.6 is 0 Å². The number of nitro groups is 1. The molecule has 0 unspecified atom stereocenters. The molecule has 0 bridgehead atoms. The van der Waals surface area contributed by atoms with Crippen molar-refractivity contribution >= 4 is 17.5 Å². The van der Waals surface area contributed by atoms with Gasteiger partial charge in [-0.15, -0.1) is 0 Å². The quantitative estimate of drug-likeness (QED) is 0.387. The molecule has 0 amide bonds. The van der Waals surface area contributed by atoms with Crippen molar-refractivity contribution in [1.29, 1.82) is 0 Å². The van der Waals surface area contributed by atoms with Gasteiger partial charge in [0.05, 0.1) is 10.6 Å². The minimum absolute atomic E-state index is 0.00414. The van der Waals surface area contributed by atoms with Crippen LogP contribution in [0, 0.1) is 10.1 Å². The summed E-state index contributed by atoms with van der Waals surface area (Å²) in [6, 6.07) is 9.50. The lowest BCUT2D eigenvalue weighted by Crippen LogP contribution is -1.93. The Kier molecular flexibility index (Phi) is 3.33. The molecule has 0 saturated carbocycles. The molecule has 18 heavy (non-hydrogen) atoms. The number of ketones is 1. The van der Waals surface area contributed by atoms with E-state index in [0.29, 0.717) is 11.3 Å². The Hall–Kier alpha value is -2.69. The van der Waals surface area contributed by atoms with Gasteiger partial charge in [-0.3, -0.25) is 14.9 Å². The maximum Gasteiger partial charge on any atom is 0.270 e. The van der Waals surface area contributed by atoms with Crippen molar-refractivity contribution in [3.63, 3.8) is 0 Å². The van der Waals surface area contributed by atoms with Crippen LogP contribution in [-0.2, 0) is 0 Å². The van der Waals surface area contributed by atoms with Crippen molar-refractivity contribution in [3.05, 3.63) is 70.0 Å². The van der Waals surface area contributed by atoms with Gasteiger partial charge in [-0.2, -0.15) is 0 Å². The molecular weight excluding hydrogens is 232 g/mol. The summed E-state index contributed by atoms with van der Waals surface area (Å²) < 4.78 is 0. The summed E-state index contributed by atoms with van der Waals surface area (Å²) >= 11 is 0. The molecule has 0 radical (unpaired) electrons. The molecule has 5 heteroatoms. The number of non-ortho nitro benzene ring substituents is 1. The summed E-state index contributed by atoms with van der Waals surface area (Å²) in [4.78, 5) is 24.6. The zero-order valence-electron chi connectivity index (χ0n) is 9.37. The summed E-state index contributed by atoms with van der Waals surface area (Å²) in [6.45, 7) is 0. The highest BCUT2D eigenvalue weighted by Crippen LogP contribution is 2.14. The maximum atomic E-state index is 11.6. The summed E-state index contributed by atoms with van der Waals surface area (Å²) in [6.07, 6.45) is 4.59. The van der Waals surface area contributed by atoms with Crippen LogP contribution in [0.4, 0.5) is 5.69 Å². The van der Waals surface area contributed by atoms with E-state index in [1.54, 1.807) is 36.5 Å². The monoisotopic (exact) mass is 242 g/mol. The van der Waals surface area contributed by atoms with Crippen molar-refractivity contribution in [2.75, 3.05) is 0 Å². The van der Waals surface area contributed by atoms with Crippen molar-refractivity contribution in [3.8, 4) is 0 Å². The highest BCUT2D eigenvalue weighted by molar-refractivity contribution is 6.05. The zero-order valence-corrected chi connectivity index (χ0v) is 9.37. The molecule has 0 atom stereocenters. The maximum absolute atomic E-state index is 11.6. The number of aromatic amines is 1. The minimum atomic E-state index is -0.468. The third-order valence-electron chi connectivity index (χ3n) is 2.37. The van der Waals surface area contributed by atoms with Gasteiger partial charge in [0, 0.05) is 18.3 Å². The zero-order chi connectivity index (χ0) is 13.0. The molecule has 0 saturated heterocycles. The number of nitrogens with zero attached hydrogens (tertiary/aromatic N) is 1. The predicted molar refractivity (Wildman–Crippen MR) is 67.3 cm³/mol. The Morgan fingerprint density at radius 3 is 2.78 bits per heavy atom. The van der Waals surface area contributed by atoms with Gasteiger partial charge in [0.15, 0.2) is 0 Å². The van der Waals surface area contributed by atoms with E-state index in [2.05, 4.69) is 4.98 Å². The van der Waals surface area contributed by atoms with E-state index in [1.807, 2.05) is 0 Å². The Labute approximate surface area is 103 Å². The molecule has 1 aromatic carbocycles. The molecule has 90 valence electrons. The molecule has 0 fully saturated rings. The molecule has 0 aliphatic heterocycles. The van der Waals surface area contributed by atoms with Gasteiger partial charge in [0.2, 0.25) is 5.78 Å². The van der Waals surface area contributed by atoms with E-state index < -0.39 is 4.92 Å². The minimum Gasteiger partial charge on any atom is -0.359 e. The first kappa shape index (κ1) is 11.8. The number of aromatic nitrogens is 1. The topological polar surface area (TPSA) is 76.0 Å².